The maximum absolute atomic E-state index is 12.4. The Balaban J connectivity index is 1.45. The Morgan fingerprint density at radius 2 is 1.89 bits per heavy atom. The summed E-state index contributed by atoms with van der Waals surface area (Å²) in [5.41, 5.74) is 0.543. The van der Waals surface area contributed by atoms with Crippen molar-refractivity contribution in [1.82, 2.24) is 10.2 Å². The molecular weight excluding hydrogens is 376 g/mol. The zero-order valence-electron chi connectivity index (χ0n) is 16.3. The molecule has 1 aliphatic heterocycles. The van der Waals surface area contributed by atoms with E-state index in [9.17, 15) is 9.59 Å². The number of nitrogens with zero attached hydrogens (tertiary/aromatic N) is 1. The van der Waals surface area contributed by atoms with Crippen LogP contribution in [0.25, 0.3) is 0 Å². The molecule has 2 amide bonds. The van der Waals surface area contributed by atoms with Crippen molar-refractivity contribution < 1.29 is 19.1 Å². The summed E-state index contributed by atoms with van der Waals surface area (Å²) in [6, 6.07) is 9.10. The molecule has 150 valence electrons. The van der Waals surface area contributed by atoms with Gasteiger partial charge in [0.2, 0.25) is 5.91 Å². The van der Waals surface area contributed by atoms with Crippen molar-refractivity contribution in [1.29, 1.82) is 0 Å². The van der Waals surface area contributed by atoms with Crippen LogP contribution in [-0.2, 0) is 11.2 Å². The Labute approximate surface area is 169 Å². The molecule has 0 aliphatic carbocycles. The number of benzene rings is 1. The Bertz CT molecular complexity index is 799. The van der Waals surface area contributed by atoms with E-state index in [4.69, 9.17) is 9.47 Å². The number of piperidine rings is 1. The van der Waals surface area contributed by atoms with Crippen molar-refractivity contribution in [3.63, 3.8) is 0 Å². The molecule has 1 aliphatic rings. The molecule has 0 saturated carbocycles. The van der Waals surface area contributed by atoms with E-state index in [1.807, 2.05) is 22.4 Å². The molecule has 1 fully saturated rings. The van der Waals surface area contributed by atoms with Crippen LogP contribution >= 0.6 is 11.3 Å². The lowest BCUT2D eigenvalue weighted by Crippen LogP contribution is -2.42. The Hall–Kier alpha value is -2.54. The molecule has 1 N–H and O–H groups in total. The van der Waals surface area contributed by atoms with E-state index in [0.717, 1.165) is 30.8 Å². The summed E-state index contributed by atoms with van der Waals surface area (Å²) in [6.45, 7) is 2.11. The molecule has 0 spiro atoms. The summed E-state index contributed by atoms with van der Waals surface area (Å²) in [7, 11) is 3.11. The average molecular weight is 403 g/mol. The largest absolute Gasteiger partial charge is 0.493 e. The molecular formula is C21H26N2O4S. The van der Waals surface area contributed by atoms with Crippen molar-refractivity contribution in [3.8, 4) is 11.5 Å². The second kappa shape index (κ2) is 9.59. The minimum Gasteiger partial charge on any atom is -0.493 e. The van der Waals surface area contributed by atoms with E-state index in [1.54, 1.807) is 43.8 Å². The van der Waals surface area contributed by atoms with Crippen molar-refractivity contribution in [2.75, 3.05) is 33.9 Å². The molecule has 7 heteroatoms. The molecule has 28 heavy (non-hydrogen) atoms. The molecule has 2 aromatic rings. The normalized spacial score (nSPS) is 14.6. The molecule has 2 heterocycles. The Kier molecular flexibility index (Phi) is 6.92. The lowest BCUT2D eigenvalue weighted by Gasteiger charge is -2.32. The summed E-state index contributed by atoms with van der Waals surface area (Å²) in [5, 5.41) is 5.00. The van der Waals surface area contributed by atoms with Crippen molar-refractivity contribution in [3.05, 3.63) is 46.2 Å². The van der Waals surface area contributed by atoms with Gasteiger partial charge in [0, 0.05) is 30.1 Å². The number of nitrogens with one attached hydrogen (secondary N) is 1. The summed E-state index contributed by atoms with van der Waals surface area (Å²) in [5.74, 6) is 1.58. The fraction of sp³-hybridized carbons (Fsp3) is 0.429. The monoisotopic (exact) mass is 402 g/mol. The fourth-order valence-electron chi connectivity index (χ4n) is 3.38. The third-order valence-corrected chi connectivity index (χ3v) is 5.95. The topological polar surface area (TPSA) is 67.9 Å². The van der Waals surface area contributed by atoms with Gasteiger partial charge in [0.1, 0.15) is 0 Å². The summed E-state index contributed by atoms with van der Waals surface area (Å²) in [4.78, 5) is 27.9. The predicted octanol–water partition coefficient (Wildman–Crippen LogP) is 2.98. The van der Waals surface area contributed by atoms with Crippen molar-refractivity contribution in [2.45, 2.75) is 19.3 Å². The molecule has 3 rings (SSSR count). The van der Waals surface area contributed by atoms with E-state index >= 15 is 0 Å². The highest BCUT2D eigenvalue weighted by molar-refractivity contribution is 7.10. The second-order valence-electron chi connectivity index (χ2n) is 6.86. The molecule has 1 aromatic carbocycles. The zero-order chi connectivity index (χ0) is 19.9. The number of carbonyl (C=O) groups is 2. The average Bonchev–Trinajstić information content (AvgIpc) is 3.24. The summed E-state index contributed by atoms with van der Waals surface area (Å²) in [6.07, 6.45) is 2.29. The van der Waals surface area contributed by atoms with Crippen LogP contribution in [0.15, 0.2) is 35.7 Å². The summed E-state index contributed by atoms with van der Waals surface area (Å²) < 4.78 is 10.5. The third-order valence-electron chi connectivity index (χ3n) is 5.07. The number of amides is 2. The van der Waals surface area contributed by atoms with E-state index < -0.39 is 0 Å². The number of thiophene rings is 1. The number of carbonyl (C=O) groups excluding carboxylic acids is 2. The molecule has 1 saturated heterocycles. The Morgan fingerprint density at radius 1 is 1.14 bits per heavy atom. The van der Waals surface area contributed by atoms with Crippen LogP contribution in [0.2, 0.25) is 0 Å². The van der Waals surface area contributed by atoms with Gasteiger partial charge in [-0.2, -0.15) is 0 Å². The first-order chi connectivity index (χ1) is 13.6. The molecule has 0 unspecified atom stereocenters. The van der Waals surface area contributed by atoms with Crippen LogP contribution in [-0.4, -0.2) is 50.6 Å². The number of likely N-dealkylation sites (tertiary alicyclic amines) is 1. The van der Waals surface area contributed by atoms with Crippen LogP contribution in [0.5, 0.6) is 11.5 Å². The SMILES string of the molecule is COc1ccc(C(=O)NCC2CCN(C(=O)Cc3cccs3)CC2)cc1OC. The first-order valence-electron chi connectivity index (χ1n) is 9.41. The molecule has 0 atom stereocenters. The maximum Gasteiger partial charge on any atom is 0.251 e. The molecule has 0 radical (unpaired) electrons. The van der Waals surface area contributed by atoms with Crippen LogP contribution in [0.1, 0.15) is 28.1 Å². The van der Waals surface area contributed by atoms with Crippen LogP contribution in [0.4, 0.5) is 0 Å². The van der Waals surface area contributed by atoms with Gasteiger partial charge in [-0.1, -0.05) is 6.07 Å². The number of methoxy groups -OCH3 is 2. The highest BCUT2D eigenvalue weighted by Gasteiger charge is 2.23. The van der Waals surface area contributed by atoms with Gasteiger partial charge in [-0.15, -0.1) is 11.3 Å². The van der Waals surface area contributed by atoms with Crippen LogP contribution in [0.3, 0.4) is 0 Å². The first-order valence-corrected chi connectivity index (χ1v) is 10.3. The Morgan fingerprint density at radius 3 is 2.54 bits per heavy atom. The second-order valence-corrected chi connectivity index (χ2v) is 7.89. The molecule has 1 aromatic heterocycles. The van der Waals surface area contributed by atoms with Crippen molar-refractivity contribution in [2.24, 2.45) is 5.92 Å². The van der Waals surface area contributed by atoms with Crippen molar-refractivity contribution >= 4 is 23.2 Å². The van der Waals surface area contributed by atoms with Gasteiger partial charge in [0.25, 0.3) is 5.91 Å². The number of rotatable bonds is 7. The minimum atomic E-state index is -0.128. The minimum absolute atomic E-state index is 0.128. The van der Waals surface area contributed by atoms with Gasteiger partial charge < -0.3 is 19.7 Å². The predicted molar refractivity (Wildman–Crippen MR) is 109 cm³/mol. The van der Waals surface area contributed by atoms with Crippen LogP contribution in [0, 0.1) is 5.92 Å². The number of ether oxygens (including phenoxy) is 2. The lowest BCUT2D eigenvalue weighted by molar-refractivity contribution is -0.131. The maximum atomic E-state index is 12.4. The van der Waals surface area contributed by atoms with E-state index in [0.29, 0.717) is 35.9 Å². The van der Waals surface area contributed by atoms with Gasteiger partial charge in [-0.3, -0.25) is 9.59 Å². The quantitative estimate of drug-likeness (QED) is 0.773. The highest BCUT2D eigenvalue weighted by atomic mass is 32.1. The number of hydrogen-bond acceptors (Lipinski definition) is 5. The number of hydrogen-bond donors (Lipinski definition) is 1. The zero-order valence-corrected chi connectivity index (χ0v) is 17.1. The smallest absolute Gasteiger partial charge is 0.251 e. The van der Waals surface area contributed by atoms with E-state index in [1.165, 1.54) is 0 Å². The summed E-state index contributed by atoms with van der Waals surface area (Å²) >= 11 is 1.62. The van der Waals surface area contributed by atoms with Gasteiger partial charge in [-0.25, -0.2) is 0 Å². The van der Waals surface area contributed by atoms with Crippen LogP contribution < -0.4 is 14.8 Å². The van der Waals surface area contributed by atoms with Gasteiger partial charge in [0.15, 0.2) is 11.5 Å². The van der Waals surface area contributed by atoms with Gasteiger partial charge >= 0.3 is 0 Å². The standard InChI is InChI=1S/C21H26N2O4S/c1-26-18-6-5-16(12-19(18)27-2)21(25)22-14-15-7-9-23(10-8-15)20(24)13-17-4-3-11-28-17/h3-6,11-12,15H,7-10,13-14H2,1-2H3,(H,22,25). The molecule has 0 bridgehead atoms. The lowest BCUT2D eigenvalue weighted by atomic mass is 9.96. The van der Waals surface area contributed by atoms with Gasteiger partial charge in [0.05, 0.1) is 20.6 Å². The van der Waals surface area contributed by atoms with E-state index in [-0.39, 0.29) is 11.8 Å². The first kappa shape index (κ1) is 20.2. The highest BCUT2D eigenvalue weighted by Crippen LogP contribution is 2.27. The van der Waals surface area contributed by atoms with Gasteiger partial charge in [-0.05, 0) is 48.4 Å². The third kappa shape index (κ3) is 5.04. The van der Waals surface area contributed by atoms with E-state index in [2.05, 4.69) is 5.32 Å². The fourth-order valence-corrected chi connectivity index (χ4v) is 4.07. The molecule has 6 nitrogen and oxygen atoms in total.